The highest BCUT2D eigenvalue weighted by Crippen LogP contribution is 2.43. The summed E-state index contributed by atoms with van der Waals surface area (Å²) in [5.74, 6) is -2.45. The minimum atomic E-state index is -0.984. The molecule has 4 rings (SSSR count). The van der Waals surface area contributed by atoms with Crippen molar-refractivity contribution in [2.75, 3.05) is 11.5 Å². The highest BCUT2D eigenvalue weighted by Gasteiger charge is 2.47. The van der Waals surface area contributed by atoms with Crippen LogP contribution >= 0.6 is 23.2 Å². The van der Waals surface area contributed by atoms with E-state index in [0.29, 0.717) is 22.9 Å². The molecule has 5 nitrogen and oxygen atoms in total. The van der Waals surface area contributed by atoms with E-state index in [2.05, 4.69) is 20.8 Å². The number of ether oxygens (including phenoxy) is 1. The molecule has 0 radical (unpaired) electrons. The minimum Gasteiger partial charge on any atom is -0.507 e. The Morgan fingerprint density at radius 1 is 1.00 bits per heavy atom. The zero-order valence-corrected chi connectivity index (χ0v) is 22.3. The maximum atomic E-state index is 13.9. The van der Waals surface area contributed by atoms with Crippen molar-refractivity contribution in [1.29, 1.82) is 0 Å². The summed E-state index contributed by atoms with van der Waals surface area (Å²) in [6.07, 6.45) is 0. The van der Waals surface area contributed by atoms with E-state index in [0.717, 1.165) is 11.6 Å². The maximum absolute atomic E-state index is 13.9. The van der Waals surface area contributed by atoms with Gasteiger partial charge in [0, 0.05) is 11.3 Å². The Morgan fingerprint density at radius 2 is 1.68 bits per heavy atom. The van der Waals surface area contributed by atoms with Crippen molar-refractivity contribution in [3.05, 3.63) is 98.8 Å². The summed E-state index contributed by atoms with van der Waals surface area (Å²) in [4.78, 5) is 27.9. The van der Waals surface area contributed by atoms with Crippen LogP contribution in [-0.2, 0) is 15.0 Å². The number of rotatable bonds is 5. The van der Waals surface area contributed by atoms with Crippen LogP contribution in [0.5, 0.6) is 5.75 Å². The SMILES string of the molecule is CCOc1cc(/C(O)=C2\C(=O)C(=O)N(c3ccc(F)c(Cl)c3)C2c2ccc(C(C)(C)C)cc2)ccc1Cl. The predicted molar refractivity (Wildman–Crippen MR) is 144 cm³/mol. The second-order valence-corrected chi connectivity index (χ2v) is 10.5. The largest absolute Gasteiger partial charge is 0.507 e. The number of anilines is 1. The van der Waals surface area contributed by atoms with Crippen LogP contribution in [-0.4, -0.2) is 23.4 Å². The van der Waals surface area contributed by atoms with Gasteiger partial charge < -0.3 is 9.84 Å². The molecule has 1 atom stereocenters. The van der Waals surface area contributed by atoms with E-state index in [-0.39, 0.29) is 33.0 Å². The number of benzene rings is 3. The summed E-state index contributed by atoms with van der Waals surface area (Å²) in [6.45, 7) is 8.37. The van der Waals surface area contributed by atoms with Crippen LogP contribution in [0.25, 0.3) is 5.76 Å². The van der Waals surface area contributed by atoms with Crippen molar-refractivity contribution < 1.29 is 23.8 Å². The Kier molecular flexibility index (Phi) is 7.36. The molecule has 1 fully saturated rings. The normalized spacial score (nSPS) is 17.4. The Morgan fingerprint density at radius 3 is 2.27 bits per heavy atom. The maximum Gasteiger partial charge on any atom is 0.300 e. The number of hydrogen-bond acceptors (Lipinski definition) is 4. The molecule has 1 aliphatic rings. The molecule has 192 valence electrons. The molecule has 1 unspecified atom stereocenters. The first-order chi connectivity index (χ1) is 17.4. The molecule has 8 heteroatoms. The van der Waals surface area contributed by atoms with Crippen LogP contribution in [0.1, 0.15) is 50.4 Å². The topological polar surface area (TPSA) is 66.8 Å². The zero-order chi connectivity index (χ0) is 27.1. The number of aliphatic hydroxyl groups is 1. The summed E-state index contributed by atoms with van der Waals surface area (Å²) in [7, 11) is 0. The standard InChI is InChI=1S/C29H26Cl2FNO4/c1-5-37-23-14-17(8-12-20(23)30)26(34)24-25(16-6-9-18(10-7-16)29(2,3)4)33(28(36)27(24)35)19-11-13-22(32)21(31)15-19/h6-15,25,34H,5H2,1-4H3/b26-24+. The molecule has 1 amide bonds. The lowest BCUT2D eigenvalue weighted by Crippen LogP contribution is -2.29. The number of Topliss-reactive ketones (excluding diaryl/α,β-unsaturated/α-hetero) is 1. The summed E-state index contributed by atoms with van der Waals surface area (Å²) < 4.78 is 19.5. The van der Waals surface area contributed by atoms with Gasteiger partial charge in [-0.05, 0) is 59.9 Å². The summed E-state index contributed by atoms with van der Waals surface area (Å²) >= 11 is 12.2. The highest BCUT2D eigenvalue weighted by molar-refractivity contribution is 6.51. The average Bonchev–Trinajstić information content (AvgIpc) is 3.12. The lowest BCUT2D eigenvalue weighted by Gasteiger charge is -2.27. The number of halogens is 3. The Hall–Kier alpha value is -3.35. The molecule has 3 aromatic rings. The van der Waals surface area contributed by atoms with Crippen molar-refractivity contribution >= 4 is 46.3 Å². The predicted octanol–water partition coefficient (Wildman–Crippen LogP) is 7.46. The number of aliphatic hydroxyl groups excluding tert-OH is 1. The lowest BCUT2D eigenvalue weighted by atomic mass is 9.85. The van der Waals surface area contributed by atoms with E-state index in [1.165, 1.54) is 23.1 Å². The fraction of sp³-hybridized carbons (Fsp3) is 0.241. The van der Waals surface area contributed by atoms with Gasteiger partial charge in [0.1, 0.15) is 17.3 Å². The second kappa shape index (κ2) is 10.2. The third-order valence-electron chi connectivity index (χ3n) is 6.22. The molecule has 0 saturated carbocycles. The van der Waals surface area contributed by atoms with E-state index in [1.54, 1.807) is 19.1 Å². The van der Waals surface area contributed by atoms with Gasteiger partial charge in [-0.15, -0.1) is 0 Å². The fourth-order valence-electron chi connectivity index (χ4n) is 4.29. The molecule has 0 spiro atoms. The lowest BCUT2D eigenvalue weighted by molar-refractivity contribution is -0.132. The van der Waals surface area contributed by atoms with Gasteiger partial charge in [-0.25, -0.2) is 4.39 Å². The Balaban J connectivity index is 1.94. The van der Waals surface area contributed by atoms with Gasteiger partial charge in [0.2, 0.25) is 0 Å². The molecule has 0 aromatic heterocycles. The molecule has 1 saturated heterocycles. The van der Waals surface area contributed by atoms with E-state index in [4.69, 9.17) is 27.9 Å². The molecule has 3 aromatic carbocycles. The quantitative estimate of drug-likeness (QED) is 0.207. The average molecular weight is 542 g/mol. The third kappa shape index (κ3) is 5.09. The Labute approximate surface area is 225 Å². The first-order valence-corrected chi connectivity index (χ1v) is 12.5. The van der Waals surface area contributed by atoms with Gasteiger partial charge in [0.15, 0.2) is 0 Å². The monoisotopic (exact) mass is 541 g/mol. The summed E-state index contributed by atoms with van der Waals surface area (Å²) in [5.41, 5.74) is 1.90. The van der Waals surface area contributed by atoms with Crippen molar-refractivity contribution in [3.63, 3.8) is 0 Å². The number of carbonyl (C=O) groups excluding carboxylic acids is 2. The van der Waals surface area contributed by atoms with Gasteiger partial charge in [0.25, 0.3) is 11.7 Å². The number of nitrogens with zero attached hydrogens (tertiary/aromatic N) is 1. The summed E-state index contributed by atoms with van der Waals surface area (Å²) in [5, 5.41) is 11.5. The molecule has 0 bridgehead atoms. The number of carbonyl (C=O) groups is 2. The van der Waals surface area contributed by atoms with E-state index >= 15 is 0 Å². The van der Waals surface area contributed by atoms with Crippen LogP contribution in [0.15, 0.2) is 66.2 Å². The highest BCUT2D eigenvalue weighted by atomic mass is 35.5. The van der Waals surface area contributed by atoms with Crippen LogP contribution in [0.3, 0.4) is 0 Å². The van der Waals surface area contributed by atoms with Crippen LogP contribution < -0.4 is 9.64 Å². The van der Waals surface area contributed by atoms with Crippen molar-refractivity contribution in [3.8, 4) is 5.75 Å². The van der Waals surface area contributed by atoms with Gasteiger partial charge >= 0.3 is 0 Å². The first kappa shape index (κ1) is 26.7. The third-order valence-corrected chi connectivity index (χ3v) is 6.82. The molecular formula is C29H26Cl2FNO4. The van der Waals surface area contributed by atoms with E-state index in [9.17, 15) is 19.1 Å². The molecule has 1 aliphatic heterocycles. The van der Waals surface area contributed by atoms with Gasteiger partial charge in [-0.2, -0.15) is 0 Å². The van der Waals surface area contributed by atoms with Crippen LogP contribution in [0.2, 0.25) is 10.0 Å². The number of hydrogen-bond donors (Lipinski definition) is 1. The smallest absolute Gasteiger partial charge is 0.300 e. The van der Waals surface area contributed by atoms with Gasteiger partial charge in [0.05, 0.1) is 28.3 Å². The number of ketones is 1. The van der Waals surface area contributed by atoms with Gasteiger partial charge in [-0.3, -0.25) is 14.5 Å². The van der Waals surface area contributed by atoms with Crippen LogP contribution in [0, 0.1) is 5.82 Å². The zero-order valence-electron chi connectivity index (χ0n) is 20.8. The Bertz CT molecular complexity index is 1410. The van der Waals surface area contributed by atoms with E-state index < -0.39 is 23.5 Å². The second-order valence-electron chi connectivity index (χ2n) is 9.72. The minimum absolute atomic E-state index is 0.112. The summed E-state index contributed by atoms with van der Waals surface area (Å²) in [6, 6.07) is 14.9. The molecular weight excluding hydrogens is 516 g/mol. The van der Waals surface area contributed by atoms with E-state index in [1.807, 2.05) is 24.3 Å². The van der Waals surface area contributed by atoms with Crippen molar-refractivity contribution in [2.45, 2.75) is 39.2 Å². The fourth-order valence-corrected chi connectivity index (χ4v) is 4.63. The molecule has 37 heavy (non-hydrogen) atoms. The van der Waals surface area contributed by atoms with Crippen LogP contribution in [0.4, 0.5) is 10.1 Å². The van der Waals surface area contributed by atoms with Crippen molar-refractivity contribution in [1.82, 2.24) is 0 Å². The molecule has 1 N–H and O–H groups in total. The van der Waals surface area contributed by atoms with Gasteiger partial charge in [-0.1, -0.05) is 68.2 Å². The number of amides is 1. The van der Waals surface area contributed by atoms with Crippen molar-refractivity contribution in [2.24, 2.45) is 0 Å². The first-order valence-electron chi connectivity index (χ1n) is 11.7. The molecule has 0 aliphatic carbocycles. The molecule has 1 heterocycles.